The average Bonchev–Trinajstić information content (AvgIpc) is 3.34. The van der Waals surface area contributed by atoms with E-state index in [-0.39, 0.29) is 11.5 Å². The first-order chi connectivity index (χ1) is 14.7. The molecule has 1 aliphatic heterocycles. The van der Waals surface area contributed by atoms with Crippen molar-refractivity contribution in [1.29, 1.82) is 0 Å². The molecule has 0 amide bonds. The Morgan fingerprint density at radius 3 is 2.83 bits per heavy atom. The van der Waals surface area contributed by atoms with Crippen molar-refractivity contribution < 1.29 is 4.74 Å². The summed E-state index contributed by atoms with van der Waals surface area (Å²) in [7, 11) is 1.96. The number of benzene rings is 1. The van der Waals surface area contributed by atoms with Gasteiger partial charge >= 0.3 is 6.01 Å². The van der Waals surface area contributed by atoms with Crippen LogP contribution in [0.4, 0.5) is 11.5 Å². The minimum absolute atomic E-state index is 0.190. The summed E-state index contributed by atoms with van der Waals surface area (Å²) in [6.07, 6.45) is 6.56. The molecule has 3 aromatic rings. The number of hydrogen-bond acceptors (Lipinski definition) is 7. The number of aromatic nitrogens is 3. The highest BCUT2D eigenvalue weighted by Gasteiger charge is 2.54. The number of rotatable bonds is 4. The van der Waals surface area contributed by atoms with Crippen LogP contribution >= 0.6 is 0 Å². The van der Waals surface area contributed by atoms with E-state index in [1.165, 1.54) is 24.0 Å². The highest BCUT2D eigenvalue weighted by molar-refractivity contribution is 5.88. The Morgan fingerprint density at radius 2 is 2.10 bits per heavy atom. The van der Waals surface area contributed by atoms with Gasteiger partial charge in [0.1, 0.15) is 11.6 Å². The Labute approximate surface area is 175 Å². The van der Waals surface area contributed by atoms with E-state index in [0.717, 1.165) is 42.3 Å². The van der Waals surface area contributed by atoms with Gasteiger partial charge < -0.3 is 20.7 Å². The van der Waals surface area contributed by atoms with Gasteiger partial charge in [0.2, 0.25) is 0 Å². The van der Waals surface area contributed by atoms with Gasteiger partial charge in [-0.25, -0.2) is 0 Å². The molecule has 30 heavy (non-hydrogen) atoms. The fraction of sp³-hybridized carbons (Fsp3) is 0.348. The molecule has 7 heteroatoms. The standard InChI is InChI=1S/C23H24N6O/c1-25-17-6-2-5-15-16(17)10-18-20(15)21(29-12-19(24)23(13-29)7-8-23)28-22(27-18)30-14-4-3-9-26-11-14/h2-6,9,11,19,25H,7-8,10,12-13,24H2,1H3. The normalized spacial score (nSPS) is 20.2. The van der Waals surface area contributed by atoms with Crippen molar-refractivity contribution in [2.24, 2.45) is 11.1 Å². The Kier molecular flexibility index (Phi) is 3.77. The third kappa shape index (κ3) is 2.65. The molecular weight excluding hydrogens is 376 g/mol. The lowest BCUT2D eigenvalue weighted by Gasteiger charge is -2.21. The van der Waals surface area contributed by atoms with Gasteiger partial charge in [-0.3, -0.25) is 4.98 Å². The van der Waals surface area contributed by atoms with Gasteiger partial charge in [0, 0.05) is 55.5 Å². The SMILES string of the molecule is CNc1cccc2c1Cc1nc(Oc3cccnc3)nc(N3CC(N)C4(CC4)C3)c1-2. The molecule has 0 radical (unpaired) electrons. The molecule has 2 aromatic heterocycles. The molecule has 1 aromatic carbocycles. The number of anilines is 2. The molecule has 6 rings (SSSR count). The van der Waals surface area contributed by atoms with Gasteiger partial charge in [-0.15, -0.1) is 0 Å². The van der Waals surface area contributed by atoms with Crippen molar-refractivity contribution in [3.05, 3.63) is 54.0 Å². The summed E-state index contributed by atoms with van der Waals surface area (Å²) in [5, 5.41) is 3.31. The van der Waals surface area contributed by atoms with Crippen LogP contribution in [-0.4, -0.2) is 41.1 Å². The van der Waals surface area contributed by atoms with Gasteiger partial charge in [0.25, 0.3) is 0 Å². The fourth-order valence-corrected chi connectivity index (χ4v) is 4.92. The zero-order valence-electron chi connectivity index (χ0n) is 16.9. The van der Waals surface area contributed by atoms with Crippen LogP contribution in [0.15, 0.2) is 42.7 Å². The lowest BCUT2D eigenvalue weighted by molar-refractivity contribution is 0.438. The van der Waals surface area contributed by atoms with E-state index < -0.39 is 0 Å². The summed E-state index contributed by atoms with van der Waals surface area (Å²) in [5.74, 6) is 1.57. The highest BCUT2D eigenvalue weighted by atomic mass is 16.5. The summed E-state index contributed by atoms with van der Waals surface area (Å²) in [4.78, 5) is 16.2. The molecule has 1 atom stereocenters. The third-order valence-corrected chi connectivity index (χ3v) is 6.75. The first kappa shape index (κ1) is 17.7. The summed E-state index contributed by atoms with van der Waals surface area (Å²) in [6.45, 7) is 1.77. The molecule has 7 nitrogen and oxygen atoms in total. The molecule has 3 N–H and O–H groups in total. The minimum atomic E-state index is 0.190. The molecule has 2 fully saturated rings. The summed E-state index contributed by atoms with van der Waals surface area (Å²) < 4.78 is 6.00. The van der Waals surface area contributed by atoms with Crippen molar-refractivity contribution >= 4 is 11.5 Å². The van der Waals surface area contributed by atoms with Gasteiger partial charge in [-0.2, -0.15) is 9.97 Å². The number of nitrogens with two attached hydrogens (primary N) is 1. The van der Waals surface area contributed by atoms with Crippen molar-refractivity contribution in [1.82, 2.24) is 15.0 Å². The van der Waals surface area contributed by atoms with Crippen LogP contribution in [0.3, 0.4) is 0 Å². The molecule has 152 valence electrons. The Morgan fingerprint density at radius 1 is 1.20 bits per heavy atom. The van der Waals surface area contributed by atoms with Crippen LogP contribution in [0.1, 0.15) is 24.1 Å². The maximum atomic E-state index is 6.52. The topological polar surface area (TPSA) is 89.2 Å². The Balaban J connectivity index is 1.47. The molecule has 1 saturated carbocycles. The maximum Gasteiger partial charge on any atom is 0.324 e. The second-order valence-corrected chi connectivity index (χ2v) is 8.55. The molecule has 2 aliphatic carbocycles. The number of nitrogens with zero attached hydrogens (tertiary/aromatic N) is 4. The van der Waals surface area contributed by atoms with E-state index in [9.17, 15) is 0 Å². The molecule has 1 unspecified atom stereocenters. The predicted octanol–water partition coefficient (Wildman–Crippen LogP) is 3.20. The number of fused-ring (bicyclic) bond motifs is 3. The largest absolute Gasteiger partial charge is 0.423 e. The Bertz CT molecular complexity index is 1130. The van der Waals surface area contributed by atoms with Crippen LogP contribution in [0.5, 0.6) is 11.8 Å². The molecule has 3 heterocycles. The lowest BCUT2D eigenvalue weighted by Crippen LogP contribution is -2.30. The zero-order chi connectivity index (χ0) is 20.3. The predicted molar refractivity (Wildman–Crippen MR) is 116 cm³/mol. The first-order valence-electron chi connectivity index (χ1n) is 10.5. The van der Waals surface area contributed by atoms with E-state index in [1.54, 1.807) is 12.4 Å². The average molecular weight is 400 g/mol. The zero-order valence-corrected chi connectivity index (χ0v) is 16.9. The molecule has 3 aliphatic rings. The van der Waals surface area contributed by atoms with Crippen molar-refractivity contribution in [2.45, 2.75) is 25.3 Å². The van der Waals surface area contributed by atoms with Crippen molar-refractivity contribution in [2.75, 3.05) is 30.4 Å². The number of nitrogens with one attached hydrogen (secondary N) is 1. The van der Waals surface area contributed by atoms with Crippen LogP contribution in [0.25, 0.3) is 11.1 Å². The summed E-state index contributed by atoms with van der Waals surface area (Å²) in [5.41, 5.74) is 12.5. The van der Waals surface area contributed by atoms with Crippen molar-refractivity contribution in [3.8, 4) is 22.9 Å². The second-order valence-electron chi connectivity index (χ2n) is 8.55. The molecule has 0 bridgehead atoms. The molecular formula is C23H24N6O. The smallest absolute Gasteiger partial charge is 0.324 e. The van der Waals surface area contributed by atoms with E-state index >= 15 is 0 Å². The van der Waals surface area contributed by atoms with Crippen LogP contribution in [0.2, 0.25) is 0 Å². The summed E-state index contributed by atoms with van der Waals surface area (Å²) >= 11 is 0. The minimum Gasteiger partial charge on any atom is -0.423 e. The first-order valence-corrected chi connectivity index (χ1v) is 10.5. The van der Waals surface area contributed by atoms with Gasteiger partial charge in [-0.1, -0.05) is 12.1 Å². The quantitative estimate of drug-likeness (QED) is 0.544. The van der Waals surface area contributed by atoms with Crippen molar-refractivity contribution in [3.63, 3.8) is 0 Å². The number of ether oxygens (including phenoxy) is 1. The number of hydrogen-bond donors (Lipinski definition) is 2. The Hall–Kier alpha value is -3.19. The maximum absolute atomic E-state index is 6.52. The van der Waals surface area contributed by atoms with Crippen LogP contribution in [0, 0.1) is 5.41 Å². The van der Waals surface area contributed by atoms with E-state index in [1.807, 2.05) is 19.2 Å². The monoisotopic (exact) mass is 400 g/mol. The molecule has 1 spiro atoms. The van der Waals surface area contributed by atoms with E-state index in [4.69, 9.17) is 20.4 Å². The highest BCUT2D eigenvalue weighted by Crippen LogP contribution is 2.54. The van der Waals surface area contributed by atoms with E-state index in [0.29, 0.717) is 11.8 Å². The number of pyridine rings is 1. The van der Waals surface area contributed by atoms with E-state index in [2.05, 4.69) is 33.4 Å². The van der Waals surface area contributed by atoms with Gasteiger partial charge in [-0.05, 0) is 42.2 Å². The van der Waals surface area contributed by atoms with Crippen LogP contribution < -0.4 is 20.7 Å². The van der Waals surface area contributed by atoms with Gasteiger partial charge in [0.05, 0.1) is 11.9 Å². The second kappa shape index (κ2) is 6.40. The van der Waals surface area contributed by atoms with Gasteiger partial charge in [0.15, 0.2) is 0 Å². The lowest BCUT2D eigenvalue weighted by atomic mass is 10.0. The molecule has 1 saturated heterocycles. The fourth-order valence-electron chi connectivity index (χ4n) is 4.92. The third-order valence-electron chi connectivity index (χ3n) is 6.75. The summed E-state index contributed by atoms with van der Waals surface area (Å²) in [6, 6.07) is 10.6. The van der Waals surface area contributed by atoms with Crippen LogP contribution in [-0.2, 0) is 6.42 Å².